The summed E-state index contributed by atoms with van der Waals surface area (Å²) < 4.78 is 43.6. The van der Waals surface area contributed by atoms with E-state index in [-0.39, 0.29) is 28.6 Å². The monoisotopic (exact) mass is 515 g/mol. The normalized spacial score (nSPS) is 11.3. The van der Waals surface area contributed by atoms with E-state index in [1.165, 1.54) is 37.6 Å². The Hall–Kier alpha value is -3.29. The number of hydrogen-bond donors (Lipinski definition) is 0. The predicted octanol–water partition coefficient (Wildman–Crippen LogP) is 7.22. The molecule has 0 aliphatic carbocycles. The molecule has 3 rings (SSSR count). The number of aromatic nitrogens is 1. The van der Waals surface area contributed by atoms with Gasteiger partial charge in [-0.05, 0) is 31.0 Å². The zero-order valence-electron chi connectivity index (χ0n) is 21.6. The SMILES string of the molecule is CC(C)C(=O)OCCCCCCCCCCCOc1cc2cc(-c3ccc(F)cc3F)c(=O)oc2cn1. The molecule has 0 unspecified atom stereocenters. The fourth-order valence-corrected chi connectivity index (χ4v) is 3.94. The molecule has 0 fully saturated rings. The summed E-state index contributed by atoms with van der Waals surface area (Å²) in [5.41, 5.74) is -0.471. The molecule has 0 N–H and O–H groups in total. The van der Waals surface area contributed by atoms with E-state index in [0.717, 1.165) is 50.7 Å². The molecule has 8 heteroatoms. The van der Waals surface area contributed by atoms with E-state index in [0.29, 0.717) is 24.5 Å². The second-order valence-electron chi connectivity index (χ2n) is 9.48. The highest BCUT2D eigenvalue weighted by atomic mass is 19.1. The van der Waals surface area contributed by atoms with E-state index in [1.54, 1.807) is 6.07 Å². The fraction of sp³-hybridized carbons (Fsp3) is 0.483. The van der Waals surface area contributed by atoms with Crippen LogP contribution in [0.15, 0.2) is 45.7 Å². The Morgan fingerprint density at radius 3 is 2.19 bits per heavy atom. The zero-order chi connectivity index (χ0) is 26.6. The first-order valence-corrected chi connectivity index (χ1v) is 13.0. The van der Waals surface area contributed by atoms with Gasteiger partial charge in [-0.25, -0.2) is 18.6 Å². The van der Waals surface area contributed by atoms with Gasteiger partial charge >= 0.3 is 11.6 Å². The second kappa shape index (κ2) is 14.4. The fourth-order valence-electron chi connectivity index (χ4n) is 3.94. The number of ether oxygens (including phenoxy) is 2. The second-order valence-corrected chi connectivity index (χ2v) is 9.48. The predicted molar refractivity (Wildman–Crippen MR) is 138 cm³/mol. The van der Waals surface area contributed by atoms with Crippen molar-refractivity contribution in [3.8, 4) is 17.0 Å². The lowest BCUT2D eigenvalue weighted by Gasteiger charge is -2.08. The van der Waals surface area contributed by atoms with Gasteiger partial charge in [0.25, 0.3) is 0 Å². The maximum Gasteiger partial charge on any atom is 0.344 e. The van der Waals surface area contributed by atoms with E-state index in [2.05, 4.69) is 4.98 Å². The van der Waals surface area contributed by atoms with Crippen LogP contribution < -0.4 is 10.4 Å². The Bertz CT molecular complexity index is 1220. The number of halogens is 2. The highest BCUT2D eigenvalue weighted by Gasteiger charge is 2.14. The van der Waals surface area contributed by atoms with Gasteiger partial charge in [-0.1, -0.05) is 58.8 Å². The Kier molecular flexibility index (Phi) is 11.0. The summed E-state index contributed by atoms with van der Waals surface area (Å²) in [4.78, 5) is 27.9. The lowest BCUT2D eigenvalue weighted by atomic mass is 10.1. The van der Waals surface area contributed by atoms with Crippen molar-refractivity contribution < 1.29 is 27.5 Å². The first kappa shape index (κ1) is 28.3. The van der Waals surface area contributed by atoms with Gasteiger partial charge in [0.1, 0.15) is 11.6 Å². The van der Waals surface area contributed by atoms with Gasteiger partial charge in [-0.2, -0.15) is 0 Å². The van der Waals surface area contributed by atoms with E-state index in [4.69, 9.17) is 13.9 Å². The van der Waals surface area contributed by atoms with Crippen LogP contribution in [0.25, 0.3) is 22.1 Å². The minimum atomic E-state index is -0.832. The number of carbonyl (C=O) groups is 1. The van der Waals surface area contributed by atoms with Crippen LogP contribution >= 0.6 is 0 Å². The number of esters is 1. The average molecular weight is 516 g/mol. The van der Waals surface area contributed by atoms with Crippen molar-refractivity contribution in [2.75, 3.05) is 13.2 Å². The van der Waals surface area contributed by atoms with Crippen LogP contribution in [0.1, 0.15) is 71.6 Å². The van der Waals surface area contributed by atoms with Gasteiger partial charge in [-0.3, -0.25) is 4.79 Å². The van der Waals surface area contributed by atoms with Crippen LogP contribution in [0.4, 0.5) is 8.78 Å². The summed E-state index contributed by atoms with van der Waals surface area (Å²) in [5.74, 6) is -1.34. The van der Waals surface area contributed by atoms with Crippen LogP contribution in [0, 0.1) is 17.6 Å². The molecule has 1 aromatic carbocycles. The van der Waals surface area contributed by atoms with Crippen molar-refractivity contribution >= 4 is 16.9 Å². The van der Waals surface area contributed by atoms with Crippen LogP contribution in [-0.2, 0) is 9.53 Å². The molecule has 6 nitrogen and oxygen atoms in total. The number of benzene rings is 1. The Morgan fingerprint density at radius 1 is 0.892 bits per heavy atom. The lowest BCUT2D eigenvalue weighted by molar-refractivity contribution is -0.147. The third-order valence-corrected chi connectivity index (χ3v) is 6.07. The van der Waals surface area contributed by atoms with E-state index < -0.39 is 17.3 Å². The number of unbranched alkanes of at least 4 members (excludes halogenated alkanes) is 8. The molecule has 0 saturated carbocycles. The summed E-state index contributed by atoms with van der Waals surface area (Å²) in [7, 11) is 0. The van der Waals surface area contributed by atoms with Gasteiger partial charge in [0.15, 0.2) is 5.58 Å². The molecular weight excluding hydrogens is 480 g/mol. The van der Waals surface area contributed by atoms with Gasteiger partial charge in [0.05, 0.1) is 30.9 Å². The summed E-state index contributed by atoms with van der Waals surface area (Å²) in [5, 5.41) is 0.543. The summed E-state index contributed by atoms with van der Waals surface area (Å²) in [6, 6.07) is 6.19. The number of carbonyl (C=O) groups excluding carboxylic acids is 1. The van der Waals surface area contributed by atoms with Gasteiger partial charge < -0.3 is 13.9 Å². The lowest BCUT2D eigenvalue weighted by Crippen LogP contribution is -2.12. The van der Waals surface area contributed by atoms with Crippen molar-refractivity contribution in [2.24, 2.45) is 5.92 Å². The first-order valence-electron chi connectivity index (χ1n) is 13.0. The van der Waals surface area contributed by atoms with E-state index >= 15 is 0 Å². The topological polar surface area (TPSA) is 78.6 Å². The molecule has 0 saturated heterocycles. The molecule has 0 atom stereocenters. The minimum absolute atomic E-state index is 0.0108. The van der Waals surface area contributed by atoms with Crippen molar-refractivity contribution in [3.63, 3.8) is 0 Å². The van der Waals surface area contributed by atoms with Crippen LogP contribution in [0.3, 0.4) is 0 Å². The largest absolute Gasteiger partial charge is 0.478 e. The zero-order valence-corrected chi connectivity index (χ0v) is 21.6. The molecule has 0 aliphatic heterocycles. The molecule has 3 aromatic rings. The number of pyridine rings is 1. The van der Waals surface area contributed by atoms with Gasteiger partial charge in [-0.15, -0.1) is 0 Å². The highest BCUT2D eigenvalue weighted by Crippen LogP contribution is 2.25. The van der Waals surface area contributed by atoms with Crippen LogP contribution in [0.2, 0.25) is 0 Å². The average Bonchev–Trinajstić information content (AvgIpc) is 2.86. The van der Waals surface area contributed by atoms with Crippen molar-refractivity contribution in [3.05, 3.63) is 58.6 Å². The van der Waals surface area contributed by atoms with Crippen LogP contribution in [0.5, 0.6) is 5.88 Å². The Labute approximate surface area is 216 Å². The molecule has 37 heavy (non-hydrogen) atoms. The molecule has 0 amide bonds. The summed E-state index contributed by atoms with van der Waals surface area (Å²) in [6.07, 6.45) is 11.2. The molecule has 2 heterocycles. The number of hydrogen-bond acceptors (Lipinski definition) is 6. The Balaban J connectivity index is 1.34. The first-order chi connectivity index (χ1) is 17.8. The van der Waals surface area contributed by atoms with E-state index in [9.17, 15) is 18.4 Å². The minimum Gasteiger partial charge on any atom is -0.478 e. The quantitative estimate of drug-likeness (QED) is 0.157. The molecule has 0 radical (unpaired) electrons. The van der Waals surface area contributed by atoms with Crippen LogP contribution in [-0.4, -0.2) is 24.2 Å². The van der Waals surface area contributed by atoms with Gasteiger partial charge in [0, 0.05) is 23.1 Å². The third-order valence-electron chi connectivity index (χ3n) is 6.07. The number of rotatable bonds is 15. The van der Waals surface area contributed by atoms with Crippen molar-refractivity contribution in [2.45, 2.75) is 71.6 Å². The third kappa shape index (κ3) is 8.95. The molecule has 0 bridgehead atoms. The maximum atomic E-state index is 14.2. The molecular formula is C29H35F2NO5. The summed E-state index contributed by atoms with van der Waals surface area (Å²) >= 11 is 0. The van der Waals surface area contributed by atoms with Crippen molar-refractivity contribution in [1.29, 1.82) is 0 Å². The molecule has 0 aliphatic rings. The van der Waals surface area contributed by atoms with Crippen molar-refractivity contribution in [1.82, 2.24) is 4.98 Å². The number of fused-ring (bicyclic) bond motifs is 1. The number of nitrogens with zero attached hydrogens (tertiary/aromatic N) is 1. The maximum absolute atomic E-state index is 14.2. The molecule has 200 valence electrons. The standard InChI is InChI=1S/C29H35F2NO5/c1-20(2)28(33)36-15-11-9-7-5-3-4-6-8-10-14-35-27-17-21-16-24(29(34)37-26(21)19-32-27)23-13-12-22(30)18-25(23)31/h12-13,16-20H,3-11,14-15H2,1-2H3. The molecule has 2 aromatic heterocycles. The van der Waals surface area contributed by atoms with Gasteiger partial charge in [0.2, 0.25) is 5.88 Å². The smallest absolute Gasteiger partial charge is 0.344 e. The van der Waals surface area contributed by atoms with E-state index in [1.807, 2.05) is 13.8 Å². The molecule has 0 spiro atoms. The summed E-state index contributed by atoms with van der Waals surface area (Å²) in [6.45, 7) is 4.72. The highest BCUT2D eigenvalue weighted by molar-refractivity contribution is 5.81. The Morgan fingerprint density at radius 2 is 1.54 bits per heavy atom.